The average molecular weight is 626 g/mol. The summed E-state index contributed by atoms with van der Waals surface area (Å²) in [5.41, 5.74) is 6.99. The lowest BCUT2D eigenvalue weighted by molar-refractivity contribution is 0.669. The summed E-state index contributed by atoms with van der Waals surface area (Å²) in [5.74, 6) is 1.90. The van der Waals surface area contributed by atoms with Gasteiger partial charge in [0.05, 0.1) is 0 Å². The van der Waals surface area contributed by atoms with Crippen LogP contribution < -0.4 is 0 Å². The van der Waals surface area contributed by atoms with Crippen LogP contribution in [0.15, 0.2) is 168 Å². The Kier molecular flexibility index (Phi) is 6.15. The Hall–Kier alpha value is -6.65. The summed E-state index contributed by atoms with van der Waals surface area (Å²) < 4.78 is 6.17. The standard InChI is InChI=1S/C45H27N3O/c1-2-10-29(11-3-1)37-15-8-13-32-24-35(21-22-38(32)37)45-47-43(33-19-17-28-9-4-5-12-30(28)23-33)46-44(48-45)34-20-18-31-27-42-40(26-36(31)25-34)39-14-6-7-16-41(39)49-42/h1-27H. The highest BCUT2D eigenvalue weighted by atomic mass is 16.3. The van der Waals surface area contributed by atoms with E-state index in [2.05, 4.69) is 140 Å². The maximum atomic E-state index is 6.17. The van der Waals surface area contributed by atoms with Crippen molar-refractivity contribution in [2.24, 2.45) is 0 Å². The Bertz CT molecular complexity index is 2890. The molecule has 0 saturated carbocycles. The highest BCUT2D eigenvalue weighted by Gasteiger charge is 2.15. The van der Waals surface area contributed by atoms with Gasteiger partial charge in [-0.1, -0.05) is 127 Å². The van der Waals surface area contributed by atoms with E-state index in [4.69, 9.17) is 19.4 Å². The minimum absolute atomic E-state index is 0.630. The zero-order valence-corrected chi connectivity index (χ0v) is 26.3. The number of furan rings is 1. The van der Waals surface area contributed by atoms with Crippen LogP contribution in [0.2, 0.25) is 0 Å². The number of benzene rings is 8. The summed E-state index contributed by atoms with van der Waals surface area (Å²) in [6, 6.07) is 57.1. The fraction of sp³-hybridized carbons (Fsp3) is 0. The number of para-hydroxylation sites is 1. The fourth-order valence-corrected chi connectivity index (χ4v) is 6.99. The molecule has 0 aliphatic heterocycles. The van der Waals surface area contributed by atoms with Gasteiger partial charge in [0, 0.05) is 27.5 Å². The molecule has 2 aromatic heterocycles. The van der Waals surface area contributed by atoms with Crippen molar-refractivity contribution in [2.75, 3.05) is 0 Å². The Morgan fingerprint density at radius 2 is 0.898 bits per heavy atom. The van der Waals surface area contributed by atoms with Gasteiger partial charge in [-0.25, -0.2) is 15.0 Å². The molecule has 8 aromatic carbocycles. The summed E-state index contributed by atoms with van der Waals surface area (Å²) in [4.78, 5) is 15.3. The molecule has 49 heavy (non-hydrogen) atoms. The zero-order valence-electron chi connectivity index (χ0n) is 26.3. The second kappa shape index (κ2) is 11.0. The van der Waals surface area contributed by atoms with E-state index < -0.39 is 0 Å². The molecule has 0 amide bonds. The lowest BCUT2D eigenvalue weighted by atomic mass is 9.97. The Labute approximate surface area is 282 Å². The molecule has 0 N–H and O–H groups in total. The van der Waals surface area contributed by atoms with E-state index in [1.807, 2.05) is 24.3 Å². The molecule has 0 spiro atoms. The highest BCUT2D eigenvalue weighted by Crippen LogP contribution is 2.35. The van der Waals surface area contributed by atoms with Crippen LogP contribution in [0.3, 0.4) is 0 Å². The van der Waals surface area contributed by atoms with E-state index in [1.165, 1.54) is 21.9 Å². The van der Waals surface area contributed by atoms with Gasteiger partial charge < -0.3 is 4.42 Å². The third kappa shape index (κ3) is 4.73. The van der Waals surface area contributed by atoms with E-state index >= 15 is 0 Å². The number of hydrogen-bond acceptors (Lipinski definition) is 4. The van der Waals surface area contributed by atoms with E-state index in [9.17, 15) is 0 Å². The van der Waals surface area contributed by atoms with Crippen molar-refractivity contribution in [1.29, 1.82) is 0 Å². The monoisotopic (exact) mass is 625 g/mol. The molecule has 10 aromatic rings. The lowest BCUT2D eigenvalue weighted by Crippen LogP contribution is -2.00. The van der Waals surface area contributed by atoms with Crippen molar-refractivity contribution in [3.8, 4) is 45.3 Å². The second-order valence-corrected chi connectivity index (χ2v) is 12.5. The van der Waals surface area contributed by atoms with Crippen molar-refractivity contribution in [2.45, 2.75) is 0 Å². The molecule has 0 aliphatic rings. The quantitative estimate of drug-likeness (QED) is 0.195. The first-order valence-corrected chi connectivity index (χ1v) is 16.4. The van der Waals surface area contributed by atoms with E-state index in [0.29, 0.717) is 17.5 Å². The van der Waals surface area contributed by atoms with Crippen molar-refractivity contribution in [3.05, 3.63) is 164 Å². The van der Waals surface area contributed by atoms with Crippen LogP contribution in [0, 0.1) is 0 Å². The number of fused-ring (bicyclic) bond motifs is 6. The van der Waals surface area contributed by atoms with E-state index in [-0.39, 0.29) is 0 Å². The zero-order chi connectivity index (χ0) is 32.3. The van der Waals surface area contributed by atoms with Crippen LogP contribution in [-0.2, 0) is 0 Å². The molecule has 4 nitrogen and oxygen atoms in total. The van der Waals surface area contributed by atoms with Crippen LogP contribution in [0.4, 0.5) is 0 Å². The largest absolute Gasteiger partial charge is 0.456 e. The molecule has 0 bridgehead atoms. The predicted molar refractivity (Wildman–Crippen MR) is 201 cm³/mol. The van der Waals surface area contributed by atoms with Gasteiger partial charge in [0.1, 0.15) is 11.2 Å². The van der Waals surface area contributed by atoms with Crippen LogP contribution >= 0.6 is 0 Å². The van der Waals surface area contributed by atoms with Crippen molar-refractivity contribution >= 4 is 54.3 Å². The molecule has 0 saturated heterocycles. The van der Waals surface area contributed by atoms with Gasteiger partial charge in [0.25, 0.3) is 0 Å². The third-order valence-electron chi connectivity index (χ3n) is 9.46. The van der Waals surface area contributed by atoms with Gasteiger partial charge in [-0.05, 0) is 79.8 Å². The first-order chi connectivity index (χ1) is 24.2. The Balaban J connectivity index is 1.15. The maximum Gasteiger partial charge on any atom is 0.164 e. The van der Waals surface area contributed by atoms with Crippen LogP contribution in [0.25, 0.3) is 99.5 Å². The van der Waals surface area contributed by atoms with Gasteiger partial charge in [-0.15, -0.1) is 0 Å². The summed E-state index contributed by atoms with van der Waals surface area (Å²) in [7, 11) is 0. The molecule has 228 valence electrons. The summed E-state index contributed by atoms with van der Waals surface area (Å²) in [6.07, 6.45) is 0. The number of aromatic nitrogens is 3. The number of nitrogens with zero attached hydrogens (tertiary/aromatic N) is 3. The lowest BCUT2D eigenvalue weighted by Gasteiger charge is -2.11. The van der Waals surface area contributed by atoms with Crippen LogP contribution in [0.5, 0.6) is 0 Å². The van der Waals surface area contributed by atoms with E-state index in [1.54, 1.807) is 0 Å². The van der Waals surface area contributed by atoms with Gasteiger partial charge >= 0.3 is 0 Å². The van der Waals surface area contributed by atoms with Gasteiger partial charge in [0.15, 0.2) is 17.5 Å². The Morgan fingerprint density at radius 3 is 1.69 bits per heavy atom. The highest BCUT2D eigenvalue weighted by molar-refractivity contribution is 6.10. The fourth-order valence-electron chi connectivity index (χ4n) is 6.99. The minimum atomic E-state index is 0.630. The van der Waals surface area contributed by atoms with Gasteiger partial charge in [0.2, 0.25) is 0 Å². The molecule has 0 atom stereocenters. The smallest absolute Gasteiger partial charge is 0.164 e. The van der Waals surface area contributed by atoms with Crippen LogP contribution in [-0.4, -0.2) is 15.0 Å². The molecule has 4 heteroatoms. The van der Waals surface area contributed by atoms with Crippen molar-refractivity contribution < 1.29 is 4.42 Å². The predicted octanol–water partition coefficient (Wildman–Crippen LogP) is 11.9. The molecule has 0 radical (unpaired) electrons. The average Bonchev–Trinajstić information content (AvgIpc) is 3.53. The SMILES string of the molecule is c1ccc(-c2cccc3cc(-c4nc(-c5ccc6ccccc6c5)nc(-c5ccc6cc7oc8ccccc8c7cc6c5)n4)ccc23)cc1. The second-order valence-electron chi connectivity index (χ2n) is 12.5. The minimum Gasteiger partial charge on any atom is -0.456 e. The summed E-state index contributed by atoms with van der Waals surface area (Å²) >= 11 is 0. The number of hydrogen-bond donors (Lipinski definition) is 0. The summed E-state index contributed by atoms with van der Waals surface area (Å²) in [5, 5.41) is 9.05. The molecule has 0 aliphatic carbocycles. The topological polar surface area (TPSA) is 51.8 Å². The van der Waals surface area contributed by atoms with Crippen molar-refractivity contribution in [3.63, 3.8) is 0 Å². The molecular formula is C45H27N3O. The van der Waals surface area contributed by atoms with Gasteiger partial charge in [-0.3, -0.25) is 0 Å². The molecule has 0 unspecified atom stereocenters. The van der Waals surface area contributed by atoms with Gasteiger partial charge in [-0.2, -0.15) is 0 Å². The first kappa shape index (κ1) is 27.5. The van der Waals surface area contributed by atoms with Crippen LogP contribution in [0.1, 0.15) is 0 Å². The normalized spacial score (nSPS) is 11.7. The first-order valence-electron chi connectivity index (χ1n) is 16.4. The van der Waals surface area contributed by atoms with E-state index in [0.717, 1.165) is 60.2 Å². The third-order valence-corrected chi connectivity index (χ3v) is 9.46. The number of rotatable bonds is 4. The molecular weight excluding hydrogens is 599 g/mol. The van der Waals surface area contributed by atoms with Crippen molar-refractivity contribution in [1.82, 2.24) is 15.0 Å². The Morgan fingerprint density at radius 1 is 0.306 bits per heavy atom. The molecule has 2 heterocycles. The maximum absolute atomic E-state index is 6.17. The summed E-state index contributed by atoms with van der Waals surface area (Å²) in [6.45, 7) is 0. The molecule has 10 rings (SSSR count). The molecule has 0 fully saturated rings.